The van der Waals surface area contributed by atoms with E-state index >= 15 is 0 Å². The first-order valence-electron chi connectivity index (χ1n) is 9.52. The van der Waals surface area contributed by atoms with Crippen molar-refractivity contribution in [2.45, 2.75) is 80.3 Å². The van der Waals surface area contributed by atoms with Crippen LogP contribution in [-0.4, -0.2) is 8.07 Å². The van der Waals surface area contributed by atoms with Gasteiger partial charge in [0.15, 0.2) is 0 Å². The summed E-state index contributed by atoms with van der Waals surface area (Å²) in [4.78, 5) is 0. The van der Waals surface area contributed by atoms with Crippen molar-refractivity contribution in [3.63, 3.8) is 0 Å². The third kappa shape index (κ3) is 7.03. The van der Waals surface area contributed by atoms with Crippen LogP contribution >= 0.6 is 0 Å². The van der Waals surface area contributed by atoms with Crippen LogP contribution in [0.2, 0.25) is 12.6 Å². The molecule has 0 aromatic heterocycles. The van der Waals surface area contributed by atoms with E-state index in [1.165, 1.54) is 41.1 Å². The number of allylic oxidation sites excluding steroid dienone is 4. The number of benzene rings is 1. The molecule has 0 N–H and O–H groups in total. The summed E-state index contributed by atoms with van der Waals surface area (Å²) in [6, 6.07) is 6.12. The third-order valence-corrected chi connectivity index (χ3v) is 10.3. The molecule has 0 fully saturated rings. The van der Waals surface area contributed by atoms with Crippen LogP contribution in [0, 0.1) is 32.3 Å². The zero-order valence-electron chi connectivity index (χ0n) is 18.7. The molecular formula is C23H35Cl3SiTi. The van der Waals surface area contributed by atoms with Crippen molar-refractivity contribution >= 4 is 13.3 Å². The summed E-state index contributed by atoms with van der Waals surface area (Å²) in [5.74, 6) is 0. The van der Waals surface area contributed by atoms with Crippen molar-refractivity contribution in [1.82, 2.24) is 0 Å². The van der Waals surface area contributed by atoms with Crippen LogP contribution in [-0.2, 0) is 21.7 Å². The van der Waals surface area contributed by atoms with Gasteiger partial charge in [0, 0.05) is 8.07 Å². The van der Waals surface area contributed by atoms with E-state index in [0.717, 1.165) is 6.42 Å². The van der Waals surface area contributed by atoms with Crippen LogP contribution in [0.3, 0.4) is 0 Å². The first-order chi connectivity index (χ1) is 11.1. The van der Waals surface area contributed by atoms with Gasteiger partial charge in [0.1, 0.15) is 0 Å². The van der Waals surface area contributed by atoms with E-state index in [-0.39, 0.29) is 64.4 Å². The number of rotatable bonds is 5. The fourth-order valence-electron chi connectivity index (χ4n) is 4.60. The fraction of sp³-hybridized carbons (Fsp3) is 0.565. The number of hydrogen-bond donors (Lipinski definition) is 0. The predicted molar refractivity (Wildman–Crippen MR) is 111 cm³/mol. The molecule has 0 heterocycles. The van der Waals surface area contributed by atoms with Crippen molar-refractivity contribution in [3.05, 3.63) is 51.7 Å². The van der Waals surface area contributed by atoms with Crippen LogP contribution in [0.15, 0.2) is 29.0 Å². The van der Waals surface area contributed by atoms with Crippen LogP contribution in [0.5, 0.6) is 0 Å². The van der Waals surface area contributed by atoms with E-state index in [4.69, 9.17) is 0 Å². The summed E-state index contributed by atoms with van der Waals surface area (Å²) in [7, 11) is -1.74. The zero-order chi connectivity index (χ0) is 18.1. The number of aryl methyl sites for hydroxylation is 3. The molecule has 0 amide bonds. The first-order valence-corrected chi connectivity index (χ1v) is 12.2. The monoisotopic (exact) mass is 492 g/mol. The van der Waals surface area contributed by atoms with Crippen molar-refractivity contribution in [2.75, 3.05) is 0 Å². The second-order valence-corrected chi connectivity index (χ2v) is 13.0. The van der Waals surface area contributed by atoms with Gasteiger partial charge in [0.05, 0.1) is 0 Å². The maximum absolute atomic E-state index is 3.71. The maximum atomic E-state index is 3.71. The van der Waals surface area contributed by atoms with Crippen molar-refractivity contribution < 1.29 is 58.9 Å². The molecule has 0 aliphatic heterocycles. The molecule has 1 aliphatic carbocycles. The Labute approximate surface area is 208 Å². The maximum Gasteiger partial charge on any atom is 4.00 e. The summed E-state index contributed by atoms with van der Waals surface area (Å²) in [6.45, 7) is 18.8. The molecule has 0 bridgehead atoms. The average Bonchev–Trinajstić information content (AvgIpc) is 2.94. The van der Waals surface area contributed by atoms with Crippen LogP contribution in [0.4, 0.5) is 0 Å². The molecule has 1 atom stereocenters. The number of unbranched alkanes of at least 4 members (excludes halogenated alkanes) is 1. The van der Waals surface area contributed by atoms with Crippen LogP contribution in [0.1, 0.15) is 63.6 Å². The van der Waals surface area contributed by atoms with Gasteiger partial charge in [-0.15, -0.1) is 6.42 Å². The van der Waals surface area contributed by atoms with Gasteiger partial charge in [-0.05, 0) is 26.2 Å². The second kappa shape index (κ2) is 13.0. The predicted octanol–water partition coefficient (Wildman–Crippen LogP) is -2.65. The third-order valence-electron chi connectivity index (χ3n) is 5.46. The van der Waals surface area contributed by atoms with Gasteiger partial charge in [-0.1, -0.05) is 87.1 Å². The summed E-state index contributed by atoms with van der Waals surface area (Å²) in [6.07, 6.45) is 9.81. The van der Waals surface area contributed by atoms with E-state index in [1.54, 1.807) is 10.4 Å². The molecule has 5 heteroatoms. The van der Waals surface area contributed by atoms with E-state index in [2.05, 4.69) is 79.3 Å². The van der Waals surface area contributed by atoms with Gasteiger partial charge in [-0.3, -0.25) is 6.08 Å². The molecule has 0 saturated heterocycles. The molecular weight excluding hydrogens is 459 g/mol. The molecule has 28 heavy (non-hydrogen) atoms. The topological polar surface area (TPSA) is 0 Å². The largest absolute Gasteiger partial charge is 4.00 e. The van der Waals surface area contributed by atoms with Gasteiger partial charge in [0.25, 0.3) is 0 Å². The van der Waals surface area contributed by atoms with E-state index in [1.807, 2.05) is 0 Å². The standard InChI is InChI=1S/C23H35Si.3ClH.Ti/c1-9-10-14-24(8,21-13-11-12-20(21)23(5,6)7)22-18(3)15-17(2)16-19(22)4;;;;/h13,15-16H,9-11,14H2,1-8H3;3*1H;/q-1;;;;+4/p-3. The minimum Gasteiger partial charge on any atom is -1.00 e. The molecule has 1 aromatic rings. The molecule has 1 aromatic carbocycles. The molecule has 0 nitrogen and oxygen atoms in total. The normalized spacial score (nSPS) is 15.0. The van der Waals surface area contributed by atoms with Crippen molar-refractivity contribution in [2.24, 2.45) is 5.41 Å². The van der Waals surface area contributed by atoms with Crippen molar-refractivity contribution in [3.8, 4) is 0 Å². The minimum absolute atomic E-state index is 0. The molecule has 1 aliphatic rings. The van der Waals surface area contributed by atoms with Gasteiger partial charge >= 0.3 is 21.7 Å². The SMILES string of the molecule is CCCC[Si](C)(C1=CC[C-]=C1C(C)(C)C)c1c(C)cc(C)cc1C.[Cl-].[Cl-].[Cl-].[Ti+4]. The van der Waals surface area contributed by atoms with E-state index in [0.29, 0.717) is 0 Å². The van der Waals surface area contributed by atoms with E-state index in [9.17, 15) is 0 Å². The molecule has 2 rings (SSSR count). The Balaban J connectivity index is -0.00000156. The molecule has 0 saturated carbocycles. The first kappa shape index (κ1) is 33.1. The van der Waals surface area contributed by atoms with Gasteiger partial charge in [-0.25, -0.2) is 5.57 Å². The minimum atomic E-state index is -1.74. The van der Waals surface area contributed by atoms with Crippen LogP contribution in [0.25, 0.3) is 0 Å². The zero-order valence-corrected chi connectivity index (χ0v) is 23.5. The Morgan fingerprint density at radius 3 is 1.93 bits per heavy atom. The fourth-order valence-corrected chi connectivity index (χ4v) is 9.90. The van der Waals surface area contributed by atoms with Crippen molar-refractivity contribution in [1.29, 1.82) is 0 Å². The Bertz CT molecular complexity index is 667. The number of hydrogen-bond acceptors (Lipinski definition) is 0. The average molecular weight is 494 g/mol. The molecule has 1 unspecified atom stereocenters. The Morgan fingerprint density at radius 1 is 1.00 bits per heavy atom. The van der Waals surface area contributed by atoms with Gasteiger partial charge < -0.3 is 37.2 Å². The molecule has 0 spiro atoms. The molecule has 156 valence electrons. The van der Waals surface area contributed by atoms with Crippen LogP contribution < -0.4 is 42.4 Å². The Morgan fingerprint density at radius 2 is 1.50 bits per heavy atom. The second-order valence-electron chi connectivity index (χ2n) is 8.83. The number of halogens is 3. The quantitative estimate of drug-likeness (QED) is 0.311. The summed E-state index contributed by atoms with van der Waals surface area (Å²) in [5.41, 5.74) is 6.07. The van der Waals surface area contributed by atoms with E-state index < -0.39 is 8.07 Å². The smallest absolute Gasteiger partial charge is 1.00 e. The Kier molecular flexibility index (Phi) is 15.4. The summed E-state index contributed by atoms with van der Waals surface area (Å²) >= 11 is 0. The summed E-state index contributed by atoms with van der Waals surface area (Å²) < 4.78 is 0. The molecule has 0 radical (unpaired) electrons. The van der Waals surface area contributed by atoms with Gasteiger partial charge in [-0.2, -0.15) is 11.3 Å². The van der Waals surface area contributed by atoms with Gasteiger partial charge in [0.2, 0.25) is 0 Å². The Hall–Kier alpha value is 0.501. The summed E-state index contributed by atoms with van der Waals surface area (Å²) in [5, 5.41) is 3.34.